The van der Waals surface area contributed by atoms with E-state index >= 15 is 0 Å². The average Bonchev–Trinajstić information content (AvgIpc) is 3.30. The van der Waals surface area contributed by atoms with Gasteiger partial charge in [-0.1, -0.05) is 13.8 Å². The molecule has 0 spiro atoms. The summed E-state index contributed by atoms with van der Waals surface area (Å²) in [5, 5.41) is 11.4. The van der Waals surface area contributed by atoms with Crippen molar-refractivity contribution in [3.8, 4) is 0 Å². The van der Waals surface area contributed by atoms with Crippen molar-refractivity contribution in [3.05, 3.63) is 0 Å². The Labute approximate surface area is 146 Å². The molecule has 24 heavy (non-hydrogen) atoms. The summed E-state index contributed by atoms with van der Waals surface area (Å²) in [6.45, 7) is 7.10. The second-order valence-electron chi connectivity index (χ2n) is 10.8. The number of ketones is 1. The smallest absolute Gasteiger partial charge is 0.133 e. The van der Waals surface area contributed by atoms with Gasteiger partial charge in [0.2, 0.25) is 0 Å². The molecule has 0 saturated heterocycles. The molecule has 2 nitrogen and oxygen atoms in total. The molecule has 134 valence electrons. The summed E-state index contributed by atoms with van der Waals surface area (Å²) in [4.78, 5) is 12.0. The molecule has 0 aromatic rings. The monoisotopic (exact) mass is 330 g/mol. The second-order valence-corrected chi connectivity index (χ2v) is 10.8. The van der Waals surface area contributed by atoms with Crippen molar-refractivity contribution in [1.82, 2.24) is 0 Å². The molecule has 5 aliphatic carbocycles. The van der Waals surface area contributed by atoms with Gasteiger partial charge in [-0.05, 0) is 98.2 Å². The van der Waals surface area contributed by atoms with E-state index in [1.165, 1.54) is 38.5 Å². The van der Waals surface area contributed by atoms with Crippen molar-refractivity contribution in [2.75, 3.05) is 0 Å². The van der Waals surface area contributed by atoms with Crippen LogP contribution in [0.4, 0.5) is 0 Å². The zero-order valence-electron chi connectivity index (χ0n) is 15.7. The largest absolute Gasteiger partial charge is 0.389 e. The highest BCUT2D eigenvalue weighted by Crippen LogP contribution is 2.72. The fourth-order valence-electron chi connectivity index (χ4n) is 8.37. The van der Waals surface area contributed by atoms with E-state index in [4.69, 9.17) is 0 Å². The van der Waals surface area contributed by atoms with Crippen LogP contribution in [0.15, 0.2) is 0 Å². The van der Waals surface area contributed by atoms with Crippen LogP contribution in [0.1, 0.15) is 78.6 Å². The molecule has 0 aromatic carbocycles. The van der Waals surface area contributed by atoms with Gasteiger partial charge in [0.25, 0.3) is 0 Å². The number of carbonyl (C=O) groups is 1. The van der Waals surface area contributed by atoms with E-state index in [-0.39, 0.29) is 5.41 Å². The van der Waals surface area contributed by atoms with Crippen LogP contribution < -0.4 is 0 Å². The predicted octanol–water partition coefficient (Wildman–Crippen LogP) is 4.60. The van der Waals surface area contributed by atoms with E-state index in [1.807, 2.05) is 0 Å². The number of rotatable bonds is 0. The van der Waals surface area contributed by atoms with E-state index in [9.17, 15) is 9.90 Å². The minimum atomic E-state index is -0.453. The van der Waals surface area contributed by atoms with Crippen molar-refractivity contribution in [2.45, 2.75) is 84.2 Å². The van der Waals surface area contributed by atoms with Crippen LogP contribution in [0.2, 0.25) is 0 Å². The summed E-state index contributed by atoms with van der Waals surface area (Å²) >= 11 is 0. The maximum absolute atomic E-state index is 12.0. The van der Waals surface area contributed by atoms with Crippen molar-refractivity contribution < 1.29 is 9.90 Å². The molecule has 0 aromatic heterocycles. The number of carbonyl (C=O) groups excluding carboxylic acids is 1. The SMILES string of the molecule is C[C@]12CCC(=O)C[C@@H]1CC[C@@H]1[C@@H]2CC[C@@]2(C)[C@H]1C[C@H]1C[C@H]1[C@]2(C)O. The van der Waals surface area contributed by atoms with Crippen LogP contribution in [0.25, 0.3) is 0 Å². The summed E-state index contributed by atoms with van der Waals surface area (Å²) < 4.78 is 0. The summed E-state index contributed by atoms with van der Waals surface area (Å²) in [7, 11) is 0. The Bertz CT molecular complexity index is 581. The molecule has 0 aliphatic heterocycles. The Morgan fingerprint density at radius 3 is 2.50 bits per heavy atom. The average molecular weight is 331 g/mol. The first-order chi connectivity index (χ1) is 11.3. The van der Waals surface area contributed by atoms with Gasteiger partial charge in [-0.2, -0.15) is 0 Å². The molecule has 5 fully saturated rings. The van der Waals surface area contributed by atoms with Crippen LogP contribution >= 0.6 is 0 Å². The molecule has 0 bridgehead atoms. The lowest BCUT2D eigenvalue weighted by atomic mass is 9.41. The normalized spacial score (nSPS) is 62.1. The highest BCUT2D eigenvalue weighted by molar-refractivity contribution is 5.79. The number of fused-ring (bicyclic) bond motifs is 6. The molecule has 5 aliphatic rings. The third-order valence-corrected chi connectivity index (χ3v) is 10.2. The second kappa shape index (κ2) is 4.67. The van der Waals surface area contributed by atoms with Gasteiger partial charge in [0.05, 0.1) is 5.60 Å². The van der Waals surface area contributed by atoms with Crippen molar-refractivity contribution in [1.29, 1.82) is 0 Å². The van der Waals surface area contributed by atoms with Gasteiger partial charge in [0.1, 0.15) is 5.78 Å². The van der Waals surface area contributed by atoms with Gasteiger partial charge in [-0.15, -0.1) is 0 Å². The van der Waals surface area contributed by atoms with E-state index in [1.54, 1.807) is 0 Å². The Balaban J connectivity index is 1.49. The Hall–Kier alpha value is -0.370. The topological polar surface area (TPSA) is 37.3 Å². The first-order valence-electron chi connectivity index (χ1n) is 10.5. The lowest BCUT2D eigenvalue weighted by Crippen LogP contribution is -2.61. The molecule has 0 radical (unpaired) electrons. The molecule has 0 heterocycles. The van der Waals surface area contributed by atoms with Gasteiger partial charge in [0.15, 0.2) is 0 Å². The number of Topliss-reactive ketones (excluding diaryl/α,β-unsaturated/α-hetero) is 1. The third kappa shape index (κ3) is 1.79. The van der Waals surface area contributed by atoms with E-state index < -0.39 is 5.60 Å². The van der Waals surface area contributed by atoms with Gasteiger partial charge < -0.3 is 5.11 Å². The fourth-order valence-corrected chi connectivity index (χ4v) is 8.37. The van der Waals surface area contributed by atoms with Crippen LogP contribution in [0, 0.1) is 46.3 Å². The standard InChI is InChI=1S/C22H34O2/c1-20-8-6-15(23)12-14(20)4-5-16-17(20)7-9-21(2)19(16)11-13-10-18(13)22(21,3)24/h13-14,16-19,24H,4-12H2,1-3H3/t13-,14+,16-,17+,18-,19+,20+,21+,22+/m1/s1. The van der Waals surface area contributed by atoms with Crippen molar-refractivity contribution in [2.24, 2.45) is 46.3 Å². The van der Waals surface area contributed by atoms with Gasteiger partial charge in [0, 0.05) is 12.8 Å². The maximum Gasteiger partial charge on any atom is 0.133 e. The van der Waals surface area contributed by atoms with Crippen LogP contribution in [-0.4, -0.2) is 16.5 Å². The molecule has 2 heteroatoms. The molecule has 5 saturated carbocycles. The van der Waals surface area contributed by atoms with Crippen LogP contribution in [0.3, 0.4) is 0 Å². The molecule has 5 rings (SSSR count). The minimum absolute atomic E-state index is 0.125. The summed E-state index contributed by atoms with van der Waals surface area (Å²) in [6.07, 6.45) is 10.5. The molecular formula is C22H34O2. The Morgan fingerprint density at radius 2 is 1.71 bits per heavy atom. The summed E-state index contributed by atoms with van der Waals surface area (Å²) in [5.41, 5.74) is 0.0652. The zero-order valence-corrected chi connectivity index (χ0v) is 15.7. The third-order valence-electron chi connectivity index (χ3n) is 10.2. The summed E-state index contributed by atoms with van der Waals surface area (Å²) in [6, 6.07) is 0. The number of hydrogen-bond acceptors (Lipinski definition) is 2. The molecule has 0 amide bonds. The lowest BCUT2D eigenvalue weighted by Gasteiger charge is -2.64. The maximum atomic E-state index is 12.0. The number of aliphatic hydroxyl groups is 1. The Morgan fingerprint density at radius 1 is 0.958 bits per heavy atom. The van der Waals surface area contributed by atoms with Crippen LogP contribution in [0.5, 0.6) is 0 Å². The molecular weight excluding hydrogens is 296 g/mol. The zero-order chi connectivity index (χ0) is 16.9. The molecule has 9 atom stereocenters. The van der Waals surface area contributed by atoms with Crippen molar-refractivity contribution in [3.63, 3.8) is 0 Å². The van der Waals surface area contributed by atoms with Gasteiger partial charge in [-0.25, -0.2) is 0 Å². The fraction of sp³-hybridized carbons (Fsp3) is 0.955. The summed E-state index contributed by atoms with van der Waals surface area (Å²) in [5.74, 6) is 4.84. The van der Waals surface area contributed by atoms with E-state index in [0.717, 1.165) is 37.0 Å². The molecule has 0 unspecified atom stereocenters. The van der Waals surface area contributed by atoms with E-state index in [2.05, 4.69) is 20.8 Å². The first kappa shape index (κ1) is 15.9. The minimum Gasteiger partial charge on any atom is -0.389 e. The van der Waals surface area contributed by atoms with Crippen molar-refractivity contribution >= 4 is 5.78 Å². The first-order valence-corrected chi connectivity index (χ1v) is 10.5. The Kier molecular flexibility index (Phi) is 3.08. The van der Waals surface area contributed by atoms with Gasteiger partial charge in [-0.3, -0.25) is 4.79 Å². The predicted molar refractivity (Wildman–Crippen MR) is 94.3 cm³/mol. The van der Waals surface area contributed by atoms with E-state index in [0.29, 0.717) is 29.0 Å². The highest BCUT2D eigenvalue weighted by Gasteiger charge is 2.69. The molecule has 1 N–H and O–H groups in total. The lowest BCUT2D eigenvalue weighted by molar-refractivity contribution is -0.202. The van der Waals surface area contributed by atoms with Crippen LogP contribution in [-0.2, 0) is 4.79 Å². The quantitative estimate of drug-likeness (QED) is 0.705. The highest BCUT2D eigenvalue weighted by atomic mass is 16.3. The van der Waals surface area contributed by atoms with Gasteiger partial charge >= 0.3 is 0 Å². The number of hydrogen-bond donors (Lipinski definition) is 1.